The average Bonchev–Trinajstić information content (AvgIpc) is 2.44. The standard InChI is InChI=1S/C11H13N5O8/c17-6(18)1-15(2-7(19)20)10-12-5-13-11(14-10)16(3-8(21)22)4-9(23)24/h5H,1-4H2,(H,17,18)(H,19,20)(H,21,22)(H,23,24). The van der Waals surface area contributed by atoms with Crippen molar-refractivity contribution >= 4 is 35.8 Å². The van der Waals surface area contributed by atoms with Gasteiger partial charge in [0.15, 0.2) is 0 Å². The molecule has 0 bridgehead atoms. The highest BCUT2D eigenvalue weighted by Crippen LogP contribution is 2.12. The zero-order valence-corrected chi connectivity index (χ0v) is 12.1. The molecule has 13 heteroatoms. The van der Waals surface area contributed by atoms with E-state index in [-0.39, 0.29) is 11.9 Å². The van der Waals surface area contributed by atoms with Gasteiger partial charge in [-0.25, -0.2) is 9.97 Å². The van der Waals surface area contributed by atoms with E-state index in [1.54, 1.807) is 0 Å². The van der Waals surface area contributed by atoms with Crippen molar-refractivity contribution in [1.82, 2.24) is 15.0 Å². The van der Waals surface area contributed by atoms with Gasteiger partial charge in [-0.3, -0.25) is 19.2 Å². The fraction of sp³-hybridized carbons (Fsp3) is 0.364. The lowest BCUT2D eigenvalue weighted by atomic mass is 10.4. The molecule has 0 aliphatic rings. The van der Waals surface area contributed by atoms with Crippen LogP contribution in [0.25, 0.3) is 0 Å². The van der Waals surface area contributed by atoms with Crippen LogP contribution in [0.4, 0.5) is 11.9 Å². The van der Waals surface area contributed by atoms with Crippen LogP contribution in [0.5, 0.6) is 0 Å². The van der Waals surface area contributed by atoms with E-state index in [1.165, 1.54) is 0 Å². The van der Waals surface area contributed by atoms with Crippen LogP contribution in [0.1, 0.15) is 0 Å². The highest BCUT2D eigenvalue weighted by molar-refractivity contribution is 5.79. The van der Waals surface area contributed by atoms with Gasteiger partial charge in [0.05, 0.1) is 0 Å². The Morgan fingerprint density at radius 2 is 1.00 bits per heavy atom. The van der Waals surface area contributed by atoms with Crippen LogP contribution < -0.4 is 9.80 Å². The van der Waals surface area contributed by atoms with Crippen molar-refractivity contribution in [2.75, 3.05) is 36.0 Å². The number of hydrogen-bond donors (Lipinski definition) is 4. The van der Waals surface area contributed by atoms with Gasteiger partial charge in [-0.1, -0.05) is 0 Å². The first-order chi connectivity index (χ1) is 11.2. The van der Waals surface area contributed by atoms with Crippen LogP contribution in [0.3, 0.4) is 0 Å². The Kier molecular flexibility index (Phi) is 6.34. The van der Waals surface area contributed by atoms with E-state index in [0.717, 1.165) is 16.1 Å². The van der Waals surface area contributed by atoms with E-state index >= 15 is 0 Å². The summed E-state index contributed by atoms with van der Waals surface area (Å²) < 4.78 is 0. The van der Waals surface area contributed by atoms with Crippen LogP contribution in [-0.4, -0.2) is 85.4 Å². The lowest BCUT2D eigenvalue weighted by Gasteiger charge is -2.21. The first-order valence-electron chi connectivity index (χ1n) is 6.25. The van der Waals surface area contributed by atoms with Crippen molar-refractivity contribution in [3.8, 4) is 0 Å². The third-order valence-corrected chi connectivity index (χ3v) is 2.42. The average molecular weight is 343 g/mol. The summed E-state index contributed by atoms with van der Waals surface area (Å²) in [6.45, 7) is -2.91. The molecule has 4 N–H and O–H groups in total. The first kappa shape index (κ1) is 18.5. The van der Waals surface area contributed by atoms with Crippen molar-refractivity contribution in [2.24, 2.45) is 0 Å². The zero-order chi connectivity index (χ0) is 18.3. The largest absolute Gasteiger partial charge is 0.480 e. The minimum Gasteiger partial charge on any atom is -0.480 e. The molecule has 1 aromatic rings. The normalized spacial score (nSPS) is 10.0. The summed E-state index contributed by atoms with van der Waals surface area (Å²) in [6, 6.07) is 0. The summed E-state index contributed by atoms with van der Waals surface area (Å²) in [6.07, 6.45) is 0.894. The van der Waals surface area contributed by atoms with E-state index in [2.05, 4.69) is 15.0 Å². The van der Waals surface area contributed by atoms with Crippen molar-refractivity contribution in [3.05, 3.63) is 6.33 Å². The quantitative estimate of drug-likeness (QED) is 0.358. The Hall–Kier alpha value is -3.51. The van der Waals surface area contributed by atoms with E-state index in [9.17, 15) is 19.2 Å². The summed E-state index contributed by atoms with van der Waals surface area (Å²) in [7, 11) is 0. The van der Waals surface area contributed by atoms with Crippen LogP contribution in [0.15, 0.2) is 6.33 Å². The summed E-state index contributed by atoms with van der Waals surface area (Å²) in [5.41, 5.74) is 0. The number of carboxylic acid groups (broad SMARTS) is 4. The second-order valence-corrected chi connectivity index (χ2v) is 4.37. The van der Waals surface area contributed by atoms with Gasteiger partial charge in [0.25, 0.3) is 0 Å². The number of anilines is 2. The summed E-state index contributed by atoms with van der Waals surface area (Å²) in [5, 5.41) is 35.2. The molecule has 24 heavy (non-hydrogen) atoms. The molecular formula is C11H13N5O8. The molecule has 0 radical (unpaired) electrons. The van der Waals surface area contributed by atoms with E-state index in [4.69, 9.17) is 20.4 Å². The predicted molar refractivity (Wildman–Crippen MR) is 74.8 cm³/mol. The lowest BCUT2D eigenvalue weighted by molar-refractivity contribution is -0.138. The van der Waals surface area contributed by atoms with Crippen molar-refractivity contribution in [1.29, 1.82) is 0 Å². The zero-order valence-electron chi connectivity index (χ0n) is 12.1. The number of hydrogen-bond acceptors (Lipinski definition) is 9. The number of carbonyl (C=O) groups is 4. The molecule has 0 aromatic carbocycles. The molecule has 0 saturated heterocycles. The topological polar surface area (TPSA) is 194 Å². The van der Waals surface area contributed by atoms with Gasteiger partial charge in [0.1, 0.15) is 32.5 Å². The second-order valence-electron chi connectivity index (χ2n) is 4.37. The van der Waals surface area contributed by atoms with Crippen LogP contribution in [0.2, 0.25) is 0 Å². The number of nitrogens with zero attached hydrogens (tertiary/aromatic N) is 5. The maximum absolute atomic E-state index is 10.8. The fourth-order valence-corrected chi connectivity index (χ4v) is 1.63. The third-order valence-electron chi connectivity index (χ3n) is 2.42. The molecule has 1 heterocycles. The Labute approximate surface area is 133 Å². The number of rotatable bonds is 10. The molecule has 0 fully saturated rings. The van der Waals surface area contributed by atoms with Crippen molar-refractivity contribution < 1.29 is 39.6 Å². The minimum absolute atomic E-state index is 0.342. The van der Waals surface area contributed by atoms with Gasteiger partial charge < -0.3 is 30.2 Å². The molecule has 1 aromatic heterocycles. The minimum atomic E-state index is -1.34. The van der Waals surface area contributed by atoms with Crippen LogP contribution >= 0.6 is 0 Å². The molecule has 13 nitrogen and oxygen atoms in total. The van der Waals surface area contributed by atoms with Crippen LogP contribution in [-0.2, 0) is 19.2 Å². The van der Waals surface area contributed by atoms with Gasteiger partial charge in [-0.05, 0) is 0 Å². The Balaban J connectivity index is 3.15. The molecular weight excluding hydrogens is 330 g/mol. The SMILES string of the molecule is O=C(O)CN(CC(=O)O)c1ncnc(N(CC(=O)O)CC(=O)O)n1. The Morgan fingerprint density at radius 1 is 0.708 bits per heavy atom. The second kappa shape index (κ2) is 8.21. The molecule has 130 valence electrons. The predicted octanol–water partition coefficient (Wildman–Crippen LogP) is -2.18. The molecule has 0 saturated carbocycles. The summed E-state index contributed by atoms with van der Waals surface area (Å²) in [5.74, 6) is -6.05. The molecule has 1 rings (SSSR count). The number of aliphatic carboxylic acids is 4. The molecule has 0 aliphatic heterocycles. The number of carboxylic acids is 4. The number of aromatic nitrogens is 3. The van der Waals surface area contributed by atoms with Gasteiger partial charge in [-0.15, -0.1) is 0 Å². The molecule has 0 amide bonds. The van der Waals surface area contributed by atoms with Crippen LogP contribution in [0, 0.1) is 0 Å². The monoisotopic (exact) mass is 343 g/mol. The molecule has 0 aliphatic carbocycles. The molecule has 0 spiro atoms. The maximum atomic E-state index is 10.8. The summed E-state index contributed by atoms with van der Waals surface area (Å²) in [4.78, 5) is 55.9. The van der Waals surface area contributed by atoms with Crippen molar-refractivity contribution in [3.63, 3.8) is 0 Å². The van der Waals surface area contributed by atoms with E-state index < -0.39 is 50.1 Å². The van der Waals surface area contributed by atoms with Crippen molar-refractivity contribution in [2.45, 2.75) is 0 Å². The van der Waals surface area contributed by atoms with Gasteiger partial charge >= 0.3 is 23.9 Å². The van der Waals surface area contributed by atoms with Gasteiger partial charge in [0.2, 0.25) is 11.9 Å². The van der Waals surface area contributed by atoms with Gasteiger partial charge in [-0.2, -0.15) is 4.98 Å². The Morgan fingerprint density at radius 3 is 1.25 bits per heavy atom. The lowest BCUT2D eigenvalue weighted by Crippen LogP contribution is -2.38. The van der Waals surface area contributed by atoms with E-state index in [1.807, 2.05) is 0 Å². The maximum Gasteiger partial charge on any atom is 0.323 e. The highest BCUT2D eigenvalue weighted by atomic mass is 16.4. The highest BCUT2D eigenvalue weighted by Gasteiger charge is 2.21. The first-order valence-corrected chi connectivity index (χ1v) is 6.25. The summed E-state index contributed by atoms with van der Waals surface area (Å²) >= 11 is 0. The van der Waals surface area contributed by atoms with E-state index in [0.29, 0.717) is 0 Å². The smallest absolute Gasteiger partial charge is 0.323 e. The molecule has 0 atom stereocenters. The molecule has 0 unspecified atom stereocenters. The van der Waals surface area contributed by atoms with Gasteiger partial charge in [0, 0.05) is 0 Å². The third kappa shape index (κ3) is 6.08. The fourth-order valence-electron chi connectivity index (χ4n) is 1.63. The Bertz CT molecular complexity index is 568.